The number of aromatic amines is 1. The van der Waals surface area contributed by atoms with Gasteiger partial charge in [-0.1, -0.05) is 41.3 Å². The molecule has 1 fully saturated rings. The maximum atomic E-state index is 13.9. The van der Waals surface area contributed by atoms with Crippen molar-refractivity contribution in [3.63, 3.8) is 0 Å². The average molecular weight is 684 g/mol. The van der Waals surface area contributed by atoms with Crippen LogP contribution in [0.2, 0.25) is 0 Å². The predicted molar refractivity (Wildman–Crippen MR) is 167 cm³/mol. The summed E-state index contributed by atoms with van der Waals surface area (Å²) < 4.78 is 51.0. The SMILES string of the molecule is CCOC(=O)c1ccc(NC(=O)COc2cccc(C3c4sc(=O)[nH]c4SC4C(=O)N(c5cccc(C(F)(F)F)c5)C(=O)C43)c2)cc1. The molecule has 3 aromatic carbocycles. The number of imide groups is 1. The Labute approximate surface area is 272 Å². The molecule has 1 saturated heterocycles. The van der Waals surface area contributed by atoms with Crippen LogP contribution in [-0.4, -0.2) is 47.1 Å². The molecule has 2 aliphatic heterocycles. The van der Waals surface area contributed by atoms with Crippen LogP contribution in [-0.2, 0) is 25.3 Å². The number of amides is 3. The molecule has 6 rings (SSSR count). The van der Waals surface area contributed by atoms with Gasteiger partial charge in [0.2, 0.25) is 11.8 Å². The summed E-state index contributed by atoms with van der Waals surface area (Å²) in [6.07, 6.45) is -4.68. The topological polar surface area (TPSA) is 135 Å². The summed E-state index contributed by atoms with van der Waals surface area (Å²) in [4.78, 5) is 68.0. The first kappa shape index (κ1) is 32.1. The van der Waals surface area contributed by atoms with Crippen LogP contribution in [0.5, 0.6) is 5.75 Å². The van der Waals surface area contributed by atoms with Gasteiger partial charge in [-0.05, 0) is 67.1 Å². The third-order valence-electron chi connectivity index (χ3n) is 7.52. The predicted octanol–water partition coefficient (Wildman–Crippen LogP) is 5.45. The van der Waals surface area contributed by atoms with Gasteiger partial charge in [0, 0.05) is 16.5 Å². The average Bonchev–Trinajstić information content (AvgIpc) is 3.54. The number of nitrogens with zero attached hydrogens (tertiary/aromatic N) is 1. The van der Waals surface area contributed by atoms with Crippen LogP contribution in [0, 0.1) is 5.92 Å². The molecular formula is C32H24F3N3O7S2. The fourth-order valence-corrected chi connectivity index (χ4v) is 8.01. The van der Waals surface area contributed by atoms with Gasteiger partial charge in [-0.2, -0.15) is 13.2 Å². The van der Waals surface area contributed by atoms with Crippen molar-refractivity contribution in [2.75, 3.05) is 23.4 Å². The van der Waals surface area contributed by atoms with Gasteiger partial charge in [0.05, 0.1) is 34.4 Å². The number of anilines is 2. The number of aromatic nitrogens is 1. The van der Waals surface area contributed by atoms with Gasteiger partial charge >= 0.3 is 17.0 Å². The molecule has 3 unspecified atom stereocenters. The van der Waals surface area contributed by atoms with Crippen molar-refractivity contribution < 1.29 is 41.8 Å². The molecule has 0 radical (unpaired) electrons. The smallest absolute Gasteiger partial charge is 0.416 e. The number of carbonyl (C=O) groups is 4. The van der Waals surface area contributed by atoms with Crippen LogP contribution in [0.3, 0.4) is 0 Å². The minimum absolute atomic E-state index is 0.195. The van der Waals surface area contributed by atoms with Crippen LogP contribution in [0.1, 0.15) is 39.2 Å². The molecule has 0 aliphatic carbocycles. The quantitative estimate of drug-likeness (QED) is 0.185. The Kier molecular flexibility index (Phi) is 8.68. The summed E-state index contributed by atoms with van der Waals surface area (Å²) in [6, 6.07) is 16.7. The number of hydrogen-bond acceptors (Lipinski definition) is 9. The lowest BCUT2D eigenvalue weighted by molar-refractivity contribution is -0.137. The molecule has 0 spiro atoms. The molecule has 4 aromatic rings. The molecule has 0 bridgehead atoms. The number of ether oxygens (including phenoxy) is 2. The van der Waals surface area contributed by atoms with E-state index in [0.717, 1.165) is 46.2 Å². The lowest BCUT2D eigenvalue weighted by atomic mass is 9.83. The molecular weight excluding hydrogens is 659 g/mol. The number of rotatable bonds is 8. The molecule has 3 atom stereocenters. The van der Waals surface area contributed by atoms with Gasteiger partial charge in [-0.15, -0.1) is 0 Å². The van der Waals surface area contributed by atoms with Gasteiger partial charge in [0.15, 0.2) is 6.61 Å². The van der Waals surface area contributed by atoms with E-state index < -0.39 is 52.5 Å². The largest absolute Gasteiger partial charge is 0.484 e. The highest BCUT2D eigenvalue weighted by atomic mass is 32.2. The molecule has 0 saturated carbocycles. The van der Waals surface area contributed by atoms with E-state index in [0.29, 0.717) is 26.7 Å². The lowest BCUT2D eigenvalue weighted by Crippen LogP contribution is -2.32. The second-order valence-electron chi connectivity index (χ2n) is 10.5. The number of nitrogens with one attached hydrogen (secondary N) is 2. The molecule has 2 N–H and O–H groups in total. The number of alkyl halides is 3. The molecule has 10 nitrogen and oxygen atoms in total. The van der Waals surface area contributed by atoms with Crippen molar-refractivity contribution in [2.45, 2.75) is 29.3 Å². The normalized spacial score (nSPS) is 18.8. The molecule has 3 heterocycles. The van der Waals surface area contributed by atoms with Crippen molar-refractivity contribution in [3.8, 4) is 5.75 Å². The lowest BCUT2D eigenvalue weighted by Gasteiger charge is -2.30. The Morgan fingerprint density at radius 3 is 2.45 bits per heavy atom. The zero-order valence-electron chi connectivity index (χ0n) is 24.3. The second-order valence-corrected chi connectivity index (χ2v) is 12.7. The van der Waals surface area contributed by atoms with E-state index in [1.807, 2.05) is 0 Å². The van der Waals surface area contributed by atoms with Crippen molar-refractivity contribution >= 4 is 58.2 Å². The van der Waals surface area contributed by atoms with Gasteiger partial charge < -0.3 is 19.8 Å². The summed E-state index contributed by atoms with van der Waals surface area (Å²) in [5, 5.41) is 2.06. The molecule has 242 valence electrons. The molecule has 3 amide bonds. The van der Waals surface area contributed by atoms with E-state index in [9.17, 15) is 37.1 Å². The Balaban J connectivity index is 1.23. The molecule has 15 heteroatoms. The number of thiazole rings is 1. The molecule has 1 aromatic heterocycles. The first-order chi connectivity index (χ1) is 22.4. The van der Waals surface area contributed by atoms with Crippen LogP contribution < -0.4 is 19.8 Å². The number of carbonyl (C=O) groups excluding carboxylic acids is 4. The van der Waals surface area contributed by atoms with E-state index in [1.165, 1.54) is 18.2 Å². The fraction of sp³-hybridized carbons (Fsp3) is 0.219. The van der Waals surface area contributed by atoms with E-state index in [2.05, 4.69) is 10.3 Å². The summed E-state index contributed by atoms with van der Waals surface area (Å²) in [5.74, 6) is -3.93. The maximum absolute atomic E-state index is 13.9. The summed E-state index contributed by atoms with van der Waals surface area (Å²) in [7, 11) is 0. The summed E-state index contributed by atoms with van der Waals surface area (Å²) in [6.45, 7) is 1.54. The van der Waals surface area contributed by atoms with Crippen molar-refractivity contribution in [2.24, 2.45) is 5.92 Å². The third-order valence-corrected chi connectivity index (χ3v) is 9.92. The zero-order chi connectivity index (χ0) is 33.5. The molecule has 2 aliphatic rings. The van der Waals surface area contributed by atoms with Crippen molar-refractivity contribution in [1.82, 2.24) is 4.98 Å². The van der Waals surface area contributed by atoms with Gasteiger partial charge in [0.1, 0.15) is 11.0 Å². The van der Waals surface area contributed by atoms with Gasteiger partial charge in [-0.3, -0.25) is 19.2 Å². The number of hydrogen-bond donors (Lipinski definition) is 2. The van der Waals surface area contributed by atoms with Crippen LogP contribution in [0.4, 0.5) is 24.5 Å². The van der Waals surface area contributed by atoms with Crippen LogP contribution in [0.25, 0.3) is 0 Å². The van der Waals surface area contributed by atoms with E-state index >= 15 is 0 Å². The van der Waals surface area contributed by atoms with E-state index in [1.54, 1.807) is 43.3 Å². The van der Waals surface area contributed by atoms with Crippen molar-refractivity contribution in [3.05, 3.63) is 104 Å². The first-order valence-corrected chi connectivity index (χ1v) is 15.9. The summed E-state index contributed by atoms with van der Waals surface area (Å²) >= 11 is 1.88. The number of benzene rings is 3. The molecule has 47 heavy (non-hydrogen) atoms. The van der Waals surface area contributed by atoms with Crippen LogP contribution >= 0.6 is 23.1 Å². The zero-order valence-corrected chi connectivity index (χ0v) is 26.0. The monoisotopic (exact) mass is 683 g/mol. The Morgan fingerprint density at radius 2 is 1.72 bits per heavy atom. The highest BCUT2D eigenvalue weighted by molar-refractivity contribution is 8.00. The fourth-order valence-electron chi connectivity index (χ4n) is 5.50. The Hall–Kier alpha value is -4.89. The number of fused-ring (bicyclic) bond motifs is 2. The highest BCUT2D eigenvalue weighted by Crippen LogP contribution is 2.53. The summed E-state index contributed by atoms with van der Waals surface area (Å²) in [5.41, 5.74) is 0.0732. The number of halogens is 3. The number of thioether (sulfide) groups is 1. The minimum Gasteiger partial charge on any atom is -0.484 e. The van der Waals surface area contributed by atoms with Gasteiger partial charge in [-0.25, -0.2) is 9.69 Å². The van der Waals surface area contributed by atoms with Crippen molar-refractivity contribution in [1.29, 1.82) is 0 Å². The van der Waals surface area contributed by atoms with Crippen LogP contribution in [0.15, 0.2) is 82.6 Å². The minimum atomic E-state index is -4.68. The maximum Gasteiger partial charge on any atom is 0.416 e. The first-order valence-electron chi connectivity index (χ1n) is 14.2. The standard InChI is InChI=1S/C32H24F3N3O7S2/c1-2-44-30(42)16-9-11-19(12-10-16)36-22(39)15-45-21-8-3-5-17(13-21)23-24-26(46-27-25(23)47-31(43)37-27)29(41)38(28(24)40)20-7-4-6-18(14-20)32(33,34)35/h3-14,23-24,26H,2,15H2,1H3,(H,36,39)(H,37,43). The third kappa shape index (κ3) is 6.40. The Bertz CT molecular complexity index is 1940. The number of H-pyrrole nitrogens is 1. The second kappa shape index (κ2) is 12.7. The Morgan fingerprint density at radius 1 is 0.979 bits per heavy atom. The highest BCUT2D eigenvalue weighted by Gasteiger charge is 2.56. The van der Waals surface area contributed by atoms with E-state index in [-0.39, 0.29) is 29.5 Å². The van der Waals surface area contributed by atoms with E-state index in [4.69, 9.17) is 9.47 Å². The number of esters is 1. The van der Waals surface area contributed by atoms with Gasteiger partial charge in [0.25, 0.3) is 5.91 Å².